The van der Waals surface area contributed by atoms with Gasteiger partial charge in [-0.05, 0) is 137 Å². The molecule has 6 aromatic heterocycles. The van der Waals surface area contributed by atoms with Crippen molar-refractivity contribution >= 4 is 53.2 Å². The van der Waals surface area contributed by atoms with Crippen molar-refractivity contribution in [2.24, 2.45) is 31.7 Å². The number of fused-ring (bicyclic) bond motifs is 8. The van der Waals surface area contributed by atoms with Gasteiger partial charge < -0.3 is 21.1 Å². The minimum Gasteiger partial charge on any atom is -0.480 e. The minimum absolute atomic E-state index is 0.0121. The number of aryl methyl sites for hydroxylation is 2. The number of carbonyl (C=O) groups is 2. The predicted molar refractivity (Wildman–Crippen MR) is 382 cm³/mol. The summed E-state index contributed by atoms with van der Waals surface area (Å²) >= 11 is 0. The number of carboxylic acids is 1. The Morgan fingerprint density at radius 3 is 1.35 bits per heavy atom. The Labute approximate surface area is 635 Å². The van der Waals surface area contributed by atoms with Crippen LogP contribution >= 0.6 is 0 Å². The summed E-state index contributed by atoms with van der Waals surface area (Å²) in [4.78, 5) is 33.9. The number of nitrogens with zero attached hydrogens (tertiary/aromatic N) is 10. The van der Waals surface area contributed by atoms with Crippen LogP contribution in [-0.4, -0.2) is 117 Å². The normalized spacial score (nSPS) is 17.8. The van der Waals surface area contributed by atoms with Crippen LogP contribution < -0.4 is 5.73 Å². The van der Waals surface area contributed by atoms with Crippen LogP contribution in [0, 0.1) is 58.8 Å². The first-order chi connectivity index (χ1) is 52.3. The van der Waals surface area contributed by atoms with E-state index in [2.05, 4.69) is 49.1 Å². The number of hydrogen-bond donors (Lipinski definition) is 4. The fraction of sp³-hybridized carbons (Fsp3) is 0.377. The second kappa shape index (κ2) is 29.5. The van der Waals surface area contributed by atoms with Crippen LogP contribution in [0.15, 0.2) is 97.1 Å². The first-order valence-corrected chi connectivity index (χ1v) is 38.8. The summed E-state index contributed by atoms with van der Waals surface area (Å²) in [6.45, 7) is 4.02. The third kappa shape index (κ3) is 17.9. The minimum atomic E-state index is -5.05. The molecule has 0 aliphatic heterocycles. The number of nitrogens with two attached hydrogens (primary N) is 1. The molecule has 0 amide bonds. The van der Waals surface area contributed by atoms with Gasteiger partial charge in [0.1, 0.15) is 70.3 Å². The van der Waals surface area contributed by atoms with Gasteiger partial charge in [0.05, 0.1) is 51.4 Å². The molecule has 14 rings (SSSR count). The Kier molecular flexibility index (Phi) is 21.4. The lowest BCUT2D eigenvalue weighted by Gasteiger charge is -2.21. The maximum absolute atomic E-state index is 15.4. The molecule has 6 heterocycles. The molecule has 2 fully saturated rings. The van der Waals surface area contributed by atoms with Crippen LogP contribution in [0.25, 0.3) is 44.1 Å². The van der Waals surface area contributed by atoms with Gasteiger partial charge in [0.15, 0.2) is 36.8 Å². The second-order valence-electron chi connectivity index (χ2n) is 29.6. The number of aliphatic hydroxyl groups is 2. The van der Waals surface area contributed by atoms with Crippen molar-refractivity contribution in [3.8, 4) is 45.9 Å². The summed E-state index contributed by atoms with van der Waals surface area (Å²) in [6.07, 6.45) is -8.55. The summed E-state index contributed by atoms with van der Waals surface area (Å²) in [7, 11) is -3.52. The van der Waals surface area contributed by atoms with E-state index in [1.807, 2.05) is 6.07 Å². The average Bonchev–Trinajstić information content (AvgIpc) is 1.52. The molecule has 4 aliphatic rings. The van der Waals surface area contributed by atoms with Crippen molar-refractivity contribution in [2.75, 3.05) is 12.5 Å². The summed E-state index contributed by atoms with van der Waals surface area (Å²) in [5.41, 5.74) is 3.60. The van der Waals surface area contributed by atoms with Crippen LogP contribution in [0.4, 0.5) is 61.5 Å². The van der Waals surface area contributed by atoms with E-state index in [1.165, 1.54) is 36.7 Å². The number of ketones is 1. The maximum Gasteiger partial charge on any atom is 0.435 e. The molecule has 2 saturated carbocycles. The van der Waals surface area contributed by atoms with E-state index in [0.29, 0.717) is 77.5 Å². The molecule has 10 aromatic rings. The largest absolute Gasteiger partial charge is 0.480 e. The average molecular weight is 1620 g/mol. The summed E-state index contributed by atoms with van der Waals surface area (Å²) in [5, 5.41) is 45.5. The van der Waals surface area contributed by atoms with Gasteiger partial charge in [0.25, 0.3) is 11.8 Å². The van der Waals surface area contributed by atoms with Gasteiger partial charge in [-0.3, -0.25) is 28.3 Å². The van der Waals surface area contributed by atoms with Gasteiger partial charge in [-0.2, -0.15) is 64.3 Å². The Morgan fingerprint density at radius 1 is 0.566 bits per heavy atom. The van der Waals surface area contributed by atoms with Gasteiger partial charge in [0, 0.05) is 107 Å². The molecule has 4 aliphatic carbocycles. The van der Waals surface area contributed by atoms with Crippen molar-refractivity contribution in [1.82, 2.24) is 49.1 Å². The number of sulfone groups is 2. The predicted octanol–water partition coefficient (Wildman–Crippen LogP) is 13.0. The van der Waals surface area contributed by atoms with Gasteiger partial charge in [0.2, 0.25) is 0 Å². The highest BCUT2D eigenvalue weighted by atomic mass is 32.2. The first-order valence-electron chi connectivity index (χ1n) is 34.6. The van der Waals surface area contributed by atoms with Crippen LogP contribution in [0.3, 0.4) is 0 Å². The highest BCUT2D eigenvalue weighted by molar-refractivity contribution is 7.90. The van der Waals surface area contributed by atoms with Crippen molar-refractivity contribution in [1.29, 1.82) is 0 Å². The lowest BCUT2D eigenvalue weighted by atomic mass is 9.86. The topological polar surface area (TPSA) is 286 Å². The smallest absolute Gasteiger partial charge is 0.435 e. The van der Waals surface area contributed by atoms with E-state index >= 15 is 8.78 Å². The number of benzene rings is 4. The molecule has 20 nitrogen and oxygen atoms in total. The SMILES string of the molecule is Cn1nc(CS(C)(=O)=O)c2cccc(-c3ccc(C#CC(C)(C)O)nc3[C@@H](CC(=O)Cn3nc(C(F)(F)F)c4c3C(F)(F)[C@@H]3C[C@H]43)Cc3cc(F)cc(F)c3)c21.Cn1nc(CS(C)(=O)=O)c2cccc(-c3ccc(C#CC(C)(C)O)nc3[C@@H](N)Cc3cc(F)cc(F)c3)c21.O=C(O)Cn1nc(C(F)(F)F)c2c1C(F)(F)[C@@H]1C[C@H]21. The number of aliphatic carboxylic acids is 1. The van der Waals surface area contributed by atoms with Crippen LogP contribution in [0.2, 0.25) is 0 Å². The molecule has 36 heteroatoms. The Morgan fingerprint density at radius 2 is 0.956 bits per heavy atom. The number of hydrogen-bond acceptors (Lipinski definition) is 15. The first kappa shape index (κ1) is 82.1. The van der Waals surface area contributed by atoms with Gasteiger partial charge in [-0.1, -0.05) is 48.2 Å². The number of Topliss-reactive ketones (excluding diaryl/α,β-unsaturated/α-hetero) is 1. The zero-order chi connectivity index (χ0) is 82.7. The fourth-order valence-corrected chi connectivity index (χ4v) is 16.1. The Hall–Kier alpha value is -10.4. The summed E-state index contributed by atoms with van der Waals surface area (Å²) < 4.78 is 248. The van der Waals surface area contributed by atoms with Crippen molar-refractivity contribution in [3.63, 3.8) is 0 Å². The zero-order valence-electron chi connectivity index (χ0n) is 61.0. The van der Waals surface area contributed by atoms with Crippen LogP contribution in [0.5, 0.6) is 0 Å². The molecule has 0 bridgehead atoms. The van der Waals surface area contributed by atoms with Crippen molar-refractivity contribution < 1.29 is 103 Å². The van der Waals surface area contributed by atoms with E-state index < -0.39 is 179 Å². The van der Waals surface area contributed by atoms with Crippen molar-refractivity contribution in [3.05, 3.63) is 200 Å². The van der Waals surface area contributed by atoms with E-state index in [1.54, 1.807) is 81.2 Å². The molecule has 5 N–H and O–H groups in total. The quantitative estimate of drug-likeness (QED) is 0.0459. The molecule has 0 saturated heterocycles. The number of carboxylic acid groups (broad SMARTS) is 1. The maximum atomic E-state index is 15.4. The summed E-state index contributed by atoms with van der Waals surface area (Å²) in [6, 6.07) is 22.3. The summed E-state index contributed by atoms with van der Waals surface area (Å²) in [5.74, 6) is -7.72. The number of rotatable bonds is 18. The monoisotopic (exact) mass is 1620 g/mol. The number of carbonyl (C=O) groups excluding carboxylic acids is 1. The number of para-hydroxylation sites is 2. The van der Waals surface area contributed by atoms with E-state index in [9.17, 15) is 89.3 Å². The second-order valence-corrected chi connectivity index (χ2v) is 33.9. The highest BCUT2D eigenvalue weighted by Crippen LogP contribution is 2.70. The van der Waals surface area contributed by atoms with E-state index in [0.717, 1.165) is 30.7 Å². The van der Waals surface area contributed by atoms with E-state index in [4.69, 9.17) is 15.8 Å². The third-order valence-electron chi connectivity index (χ3n) is 19.1. The van der Waals surface area contributed by atoms with E-state index in [-0.39, 0.29) is 64.5 Å². The number of halogens is 14. The molecule has 4 aromatic carbocycles. The number of alkyl halides is 10. The Balaban J connectivity index is 0.000000177. The molecule has 0 unspecified atom stereocenters. The number of aromatic nitrogens is 10. The van der Waals surface area contributed by atoms with Gasteiger partial charge >= 0.3 is 18.3 Å². The molecule has 113 heavy (non-hydrogen) atoms. The molecule has 6 atom stereocenters. The third-order valence-corrected chi connectivity index (χ3v) is 20.7. The molecule has 0 radical (unpaired) electrons. The molecular formula is C77H69F14N11O9S2. The lowest BCUT2D eigenvalue weighted by Crippen LogP contribution is -2.24. The fourth-order valence-electron chi connectivity index (χ4n) is 14.7. The lowest BCUT2D eigenvalue weighted by molar-refractivity contribution is -0.143. The molecule has 596 valence electrons. The zero-order valence-corrected chi connectivity index (χ0v) is 62.6. The Bertz CT molecular complexity index is 5860. The van der Waals surface area contributed by atoms with Crippen molar-refractivity contribution in [2.45, 2.75) is 144 Å². The van der Waals surface area contributed by atoms with Crippen LogP contribution in [-0.2, 0) is 105 Å². The standard InChI is InChI=1S/C39H34F7N5O4S.C28H28F2N4O3S.C10H7F5N2O2/c1-37(2,53)11-10-24-8-9-26(27-6-5-7-28-31(19-56(4,54)55)48-50(3)34(27)28)33(47-24)21(12-20-13-22(40)16-23(41)14-20)15-25(52)18-51-36-32(35(49-51)39(44,45)46)29-17-30(29)38(36,42)43;1-28(2,35)11-10-20-8-9-21(26(32-20)24(31)14-17-12-18(29)15-19(30)13-17)22-6-5-7-23-25(16-38(4,36)37)33-34(3)27(22)23;11-9(12)4-1-3(4)6-7(10(13,14)15)16-17(8(6)9)2-5(18)19/h5-9,13-14,16,21,29-30,53H,12,15,17-19H2,1-4H3;5-9,12-13,15,24,35H,14,16,31H2,1-4H3;3-4H,1-2H2,(H,18,19)/t21-,29+,30-;24-;3-,4+/m100/s1. The number of pyridine rings is 2. The molecule has 0 spiro atoms. The van der Waals surface area contributed by atoms with Gasteiger partial charge in [-0.15, -0.1) is 0 Å². The van der Waals surface area contributed by atoms with Gasteiger partial charge in [-0.25, -0.2) is 44.4 Å². The van der Waals surface area contributed by atoms with Crippen LogP contribution in [0.1, 0.15) is 150 Å². The molecular weight excluding hydrogens is 1550 g/mol. The highest BCUT2D eigenvalue weighted by Gasteiger charge is 2.69.